The van der Waals surface area contributed by atoms with E-state index in [-0.39, 0.29) is 5.69 Å². The van der Waals surface area contributed by atoms with Crippen LogP contribution < -0.4 is 5.73 Å². The summed E-state index contributed by atoms with van der Waals surface area (Å²) in [5.74, 6) is 0. The van der Waals surface area contributed by atoms with Gasteiger partial charge in [-0.25, -0.2) is 4.52 Å². The number of fused-ring (bicyclic) bond motifs is 1. The van der Waals surface area contributed by atoms with Gasteiger partial charge in [0.2, 0.25) is 5.60 Å². The zero-order valence-corrected chi connectivity index (χ0v) is 12.3. The molecule has 0 amide bonds. The maximum absolute atomic E-state index is 10.4. The maximum Gasteiger partial charge on any atom is 0.217 e. The van der Waals surface area contributed by atoms with Gasteiger partial charge >= 0.3 is 0 Å². The van der Waals surface area contributed by atoms with E-state index in [1.807, 2.05) is 12.1 Å². The number of nitrogen functional groups attached to an aromatic ring is 1. The molecule has 1 aliphatic rings. The van der Waals surface area contributed by atoms with E-state index < -0.39 is 29.8 Å². The summed E-state index contributed by atoms with van der Waals surface area (Å²) in [6.07, 6.45) is -0.912. The Balaban J connectivity index is 2.31. The van der Waals surface area contributed by atoms with E-state index in [1.165, 1.54) is 17.6 Å². The van der Waals surface area contributed by atoms with E-state index >= 15 is 0 Å². The lowest BCUT2D eigenvalue weighted by atomic mass is 9.71. The maximum atomic E-state index is 10.4. The van der Waals surface area contributed by atoms with Crippen LogP contribution in [0.1, 0.15) is 12.6 Å². The molecule has 23 heavy (non-hydrogen) atoms. The minimum atomic E-state index is -1.79. The highest BCUT2D eigenvalue weighted by Gasteiger charge is 2.66. The van der Waals surface area contributed by atoms with Gasteiger partial charge in [-0.05, 0) is 25.1 Å². The summed E-state index contributed by atoms with van der Waals surface area (Å²) in [6.45, 7) is 0.920. The van der Waals surface area contributed by atoms with Crippen LogP contribution in [0.2, 0.25) is 0 Å². The number of nitriles is 2. The van der Waals surface area contributed by atoms with Gasteiger partial charge in [-0.3, -0.25) is 0 Å². The number of anilines is 1. The van der Waals surface area contributed by atoms with Crippen LogP contribution in [0.4, 0.5) is 5.69 Å². The Kier molecular flexibility index (Phi) is 3.27. The van der Waals surface area contributed by atoms with Crippen LogP contribution >= 0.6 is 0 Å². The highest BCUT2D eigenvalue weighted by Crippen LogP contribution is 2.52. The Hall–Kier alpha value is -2.65. The SMILES string of the molecule is C[C@@]1(C#N)[C@H](O)[C@@H](CO)O[C@@]1(C#N)c1ccc2c(N)ccnn12. The number of aliphatic hydroxyl groups is 2. The van der Waals surface area contributed by atoms with Gasteiger partial charge in [-0.1, -0.05) is 0 Å². The molecule has 1 saturated heterocycles. The zero-order chi connectivity index (χ0) is 16.8. The third-order valence-electron chi connectivity index (χ3n) is 4.52. The molecule has 0 saturated carbocycles. The van der Waals surface area contributed by atoms with Crippen molar-refractivity contribution in [2.24, 2.45) is 5.41 Å². The Morgan fingerprint density at radius 1 is 1.39 bits per heavy atom. The monoisotopic (exact) mass is 313 g/mol. The van der Waals surface area contributed by atoms with E-state index in [1.54, 1.807) is 18.2 Å². The first-order valence-corrected chi connectivity index (χ1v) is 6.97. The fourth-order valence-corrected chi connectivity index (χ4v) is 3.11. The molecule has 4 N–H and O–H groups in total. The number of nitrogens with two attached hydrogens (primary N) is 1. The van der Waals surface area contributed by atoms with Crippen LogP contribution in [0, 0.1) is 28.1 Å². The average molecular weight is 313 g/mol. The molecule has 0 bridgehead atoms. The molecule has 3 heterocycles. The summed E-state index contributed by atoms with van der Waals surface area (Å²) in [4.78, 5) is 0. The summed E-state index contributed by atoms with van der Waals surface area (Å²) in [7, 11) is 0. The van der Waals surface area contributed by atoms with Crippen molar-refractivity contribution in [3.63, 3.8) is 0 Å². The smallest absolute Gasteiger partial charge is 0.217 e. The second kappa shape index (κ2) is 4.93. The van der Waals surface area contributed by atoms with Gasteiger partial charge in [-0.15, -0.1) is 0 Å². The Morgan fingerprint density at radius 2 is 2.13 bits per heavy atom. The summed E-state index contributed by atoms with van der Waals surface area (Å²) in [6, 6.07) is 8.86. The van der Waals surface area contributed by atoms with Crippen molar-refractivity contribution in [1.29, 1.82) is 10.5 Å². The van der Waals surface area contributed by atoms with Crippen LogP contribution in [0.15, 0.2) is 24.4 Å². The Bertz CT molecular complexity index is 851. The number of hydrogen-bond donors (Lipinski definition) is 3. The molecule has 0 radical (unpaired) electrons. The number of aromatic nitrogens is 2. The van der Waals surface area contributed by atoms with Crippen LogP contribution in [-0.2, 0) is 10.3 Å². The molecule has 8 nitrogen and oxygen atoms in total. The van der Waals surface area contributed by atoms with Crippen molar-refractivity contribution < 1.29 is 14.9 Å². The molecule has 2 aromatic rings. The predicted octanol–water partition coefficient (Wildman–Crippen LogP) is -0.0827. The van der Waals surface area contributed by atoms with Crippen molar-refractivity contribution in [2.75, 3.05) is 12.3 Å². The molecule has 0 aromatic carbocycles. The number of ether oxygens (including phenoxy) is 1. The fraction of sp³-hybridized carbons (Fsp3) is 0.400. The second-order valence-electron chi connectivity index (χ2n) is 5.69. The summed E-state index contributed by atoms with van der Waals surface area (Å²) in [5, 5.41) is 43.4. The Labute approximate surface area is 131 Å². The second-order valence-corrected chi connectivity index (χ2v) is 5.69. The van der Waals surface area contributed by atoms with Crippen molar-refractivity contribution in [2.45, 2.75) is 24.7 Å². The number of hydrogen-bond acceptors (Lipinski definition) is 7. The lowest BCUT2D eigenvalue weighted by Gasteiger charge is -2.31. The quantitative estimate of drug-likeness (QED) is 0.704. The summed E-state index contributed by atoms with van der Waals surface area (Å²) in [5.41, 5.74) is 3.81. The largest absolute Gasteiger partial charge is 0.397 e. The third kappa shape index (κ3) is 1.71. The highest BCUT2D eigenvalue weighted by atomic mass is 16.5. The molecule has 1 aliphatic heterocycles. The molecule has 0 spiro atoms. The van der Waals surface area contributed by atoms with Crippen LogP contribution in [-0.4, -0.2) is 38.6 Å². The normalized spacial score (nSPS) is 33.4. The number of rotatable bonds is 2. The number of aliphatic hydroxyl groups excluding tert-OH is 2. The van der Waals surface area contributed by atoms with Crippen LogP contribution in [0.25, 0.3) is 5.52 Å². The molecular formula is C15H15N5O3. The van der Waals surface area contributed by atoms with Crippen LogP contribution in [0.3, 0.4) is 0 Å². The molecular weight excluding hydrogens is 298 g/mol. The first-order valence-electron chi connectivity index (χ1n) is 6.97. The van der Waals surface area contributed by atoms with Gasteiger partial charge in [0.15, 0.2) is 0 Å². The molecule has 3 rings (SSSR count). The van der Waals surface area contributed by atoms with E-state index in [0.29, 0.717) is 11.2 Å². The first-order chi connectivity index (χ1) is 10.9. The molecule has 8 heteroatoms. The summed E-state index contributed by atoms with van der Waals surface area (Å²) < 4.78 is 7.09. The fourth-order valence-electron chi connectivity index (χ4n) is 3.11. The molecule has 2 aromatic heterocycles. The topological polar surface area (TPSA) is 141 Å². The van der Waals surface area contributed by atoms with Gasteiger partial charge in [-0.2, -0.15) is 15.6 Å². The standard InChI is InChI=1S/C15H15N5O3/c1-14(7-16)13(22)11(6-21)23-15(14,8-17)12-3-2-10-9(18)4-5-19-20(10)12/h2-5,11,13,21-22H,6,18H2,1H3/t11-,13-,14-,15+/m1/s1. The van der Waals surface area contributed by atoms with Gasteiger partial charge in [0.1, 0.15) is 23.7 Å². The molecule has 118 valence electrons. The van der Waals surface area contributed by atoms with E-state index in [9.17, 15) is 20.7 Å². The average Bonchev–Trinajstić information content (AvgIpc) is 3.09. The number of nitrogens with zero attached hydrogens (tertiary/aromatic N) is 4. The Morgan fingerprint density at radius 3 is 2.74 bits per heavy atom. The lowest BCUT2D eigenvalue weighted by molar-refractivity contribution is -0.0584. The van der Waals surface area contributed by atoms with Gasteiger partial charge < -0.3 is 20.7 Å². The van der Waals surface area contributed by atoms with Crippen molar-refractivity contribution in [3.05, 3.63) is 30.1 Å². The van der Waals surface area contributed by atoms with Crippen LogP contribution in [0.5, 0.6) is 0 Å². The first kappa shape index (κ1) is 15.3. The molecule has 0 aliphatic carbocycles. The molecule has 4 atom stereocenters. The van der Waals surface area contributed by atoms with Gasteiger partial charge in [0.05, 0.1) is 29.6 Å². The minimum Gasteiger partial charge on any atom is -0.397 e. The molecule has 0 unspecified atom stereocenters. The van der Waals surface area contributed by atoms with Gasteiger partial charge in [0, 0.05) is 6.20 Å². The van der Waals surface area contributed by atoms with Gasteiger partial charge in [0.25, 0.3) is 0 Å². The highest BCUT2D eigenvalue weighted by molar-refractivity contribution is 5.70. The van der Waals surface area contributed by atoms with E-state index in [2.05, 4.69) is 5.10 Å². The van der Waals surface area contributed by atoms with Crippen molar-refractivity contribution in [3.8, 4) is 12.1 Å². The molecule has 1 fully saturated rings. The summed E-state index contributed by atoms with van der Waals surface area (Å²) >= 11 is 0. The van der Waals surface area contributed by atoms with E-state index in [4.69, 9.17) is 10.5 Å². The van der Waals surface area contributed by atoms with E-state index in [0.717, 1.165) is 0 Å². The van der Waals surface area contributed by atoms with Crippen molar-refractivity contribution >= 4 is 11.2 Å². The minimum absolute atomic E-state index is 0.279. The lowest BCUT2D eigenvalue weighted by Crippen LogP contribution is -2.45. The van der Waals surface area contributed by atoms with Crippen molar-refractivity contribution in [1.82, 2.24) is 9.61 Å². The predicted molar refractivity (Wildman–Crippen MR) is 78.6 cm³/mol. The zero-order valence-electron chi connectivity index (χ0n) is 12.3. The third-order valence-corrected chi connectivity index (χ3v) is 4.52.